The average molecular weight is 375 g/mol. The van der Waals surface area contributed by atoms with Gasteiger partial charge in [0.1, 0.15) is 0 Å². The number of hydrogen-bond donors (Lipinski definition) is 1. The van der Waals surface area contributed by atoms with Crippen molar-refractivity contribution in [3.8, 4) is 0 Å². The van der Waals surface area contributed by atoms with Gasteiger partial charge in [-0.3, -0.25) is 4.79 Å². The molecule has 2 rings (SSSR count). The second-order valence-electron chi connectivity index (χ2n) is 4.73. The molecule has 0 spiro atoms. The summed E-state index contributed by atoms with van der Waals surface area (Å²) in [5, 5.41) is 6.31. The topological polar surface area (TPSA) is 84.8 Å². The van der Waals surface area contributed by atoms with E-state index in [9.17, 15) is 13.2 Å². The lowest BCUT2D eigenvalue weighted by Gasteiger charge is -2.09. The molecule has 1 atom stereocenters. The third-order valence-electron chi connectivity index (χ3n) is 2.94. The van der Waals surface area contributed by atoms with Gasteiger partial charge in [-0.2, -0.15) is 0 Å². The molecule has 0 bridgehead atoms. The Hall–Kier alpha value is -1.41. The maximum Gasteiger partial charge on any atom is 0.261 e. The molecule has 1 aromatic carbocycles. The van der Waals surface area contributed by atoms with Gasteiger partial charge in [-0.1, -0.05) is 33.2 Å². The fourth-order valence-electron chi connectivity index (χ4n) is 1.92. The van der Waals surface area contributed by atoms with Gasteiger partial charge in [0.05, 0.1) is 17.7 Å². The van der Waals surface area contributed by atoms with E-state index in [2.05, 4.69) is 26.4 Å². The molecule has 1 aromatic rings. The fourth-order valence-corrected chi connectivity index (χ4v) is 3.86. The van der Waals surface area contributed by atoms with Gasteiger partial charge in [0, 0.05) is 10.5 Å². The zero-order valence-corrected chi connectivity index (χ0v) is 13.6. The molecule has 1 fully saturated rings. The quantitative estimate of drug-likeness (QED) is 0.617. The van der Waals surface area contributed by atoms with Gasteiger partial charge in [-0.05, 0) is 24.1 Å². The van der Waals surface area contributed by atoms with E-state index in [1.165, 1.54) is 6.21 Å². The zero-order valence-electron chi connectivity index (χ0n) is 11.2. The summed E-state index contributed by atoms with van der Waals surface area (Å²) in [4.78, 5) is 16.4. The Morgan fingerprint density at radius 3 is 2.76 bits per heavy atom. The molecule has 0 saturated carbocycles. The van der Waals surface area contributed by atoms with Gasteiger partial charge < -0.3 is 10.2 Å². The minimum Gasteiger partial charge on any atom is -0.386 e. The molecule has 1 amide bonds. The summed E-state index contributed by atoms with van der Waals surface area (Å²) in [5.41, 5.74) is 0.848. The maximum absolute atomic E-state index is 11.6. The third-order valence-corrected chi connectivity index (χ3v) is 5.24. The number of carbonyl (C=O) groups excluding carboxylic acids is 1. The Labute approximate surface area is 131 Å². The summed E-state index contributed by atoms with van der Waals surface area (Å²) in [7, 11) is -2.99. The molecule has 8 heteroatoms. The van der Waals surface area contributed by atoms with Crippen LogP contribution < -0.4 is 5.32 Å². The Morgan fingerprint density at radius 2 is 2.14 bits per heavy atom. The number of nitrogens with one attached hydrogen (secondary N) is 1. The van der Waals surface area contributed by atoms with Gasteiger partial charge >= 0.3 is 0 Å². The first kappa shape index (κ1) is 16.0. The standard InChI is InChI=1S/C13H15BrN2O4S/c14-11-3-1-10(2-4-11)7-15-20-8-13(17)16-12-5-6-21(18,19)9-12/h1-4,7,12H,5-6,8-9H2,(H,16,17)/b15-7-/t12-/m1/s1. The Morgan fingerprint density at radius 1 is 1.43 bits per heavy atom. The lowest BCUT2D eigenvalue weighted by atomic mass is 10.2. The molecular weight excluding hydrogens is 360 g/mol. The van der Waals surface area contributed by atoms with Gasteiger partial charge in [-0.25, -0.2) is 8.42 Å². The normalized spacial score (nSPS) is 20.5. The number of halogens is 1. The highest BCUT2D eigenvalue weighted by Crippen LogP contribution is 2.11. The van der Waals surface area contributed by atoms with Crippen LogP contribution in [0, 0.1) is 0 Å². The van der Waals surface area contributed by atoms with Crippen molar-refractivity contribution in [3.63, 3.8) is 0 Å². The highest BCUT2D eigenvalue weighted by Gasteiger charge is 2.28. The molecular formula is C13H15BrN2O4S. The summed E-state index contributed by atoms with van der Waals surface area (Å²) in [5.74, 6) is -0.244. The Kier molecular flexibility index (Phi) is 5.35. The fraction of sp³-hybridized carbons (Fsp3) is 0.385. The van der Waals surface area contributed by atoms with E-state index in [0.29, 0.717) is 6.42 Å². The van der Waals surface area contributed by atoms with E-state index in [1.54, 1.807) is 0 Å². The van der Waals surface area contributed by atoms with E-state index in [4.69, 9.17) is 4.84 Å². The smallest absolute Gasteiger partial charge is 0.261 e. The van der Waals surface area contributed by atoms with Crippen molar-refractivity contribution in [2.75, 3.05) is 18.1 Å². The molecule has 1 aliphatic rings. The van der Waals surface area contributed by atoms with Crippen LogP contribution in [0.5, 0.6) is 0 Å². The van der Waals surface area contributed by atoms with Crippen molar-refractivity contribution < 1.29 is 18.0 Å². The van der Waals surface area contributed by atoms with Crippen LogP contribution in [0.3, 0.4) is 0 Å². The molecule has 1 aliphatic heterocycles. The van der Waals surface area contributed by atoms with Crippen LogP contribution in [0.25, 0.3) is 0 Å². The summed E-state index contributed by atoms with van der Waals surface area (Å²) >= 11 is 3.32. The molecule has 1 saturated heterocycles. The number of oxime groups is 1. The second-order valence-corrected chi connectivity index (χ2v) is 7.87. The molecule has 1 N–H and O–H groups in total. The summed E-state index contributed by atoms with van der Waals surface area (Å²) in [6.45, 7) is -0.233. The first-order valence-corrected chi connectivity index (χ1v) is 8.97. The van der Waals surface area contributed by atoms with Gasteiger partial charge in [0.15, 0.2) is 16.4 Å². The Bertz CT molecular complexity index is 628. The van der Waals surface area contributed by atoms with E-state index in [0.717, 1.165) is 10.0 Å². The van der Waals surface area contributed by atoms with E-state index >= 15 is 0 Å². The van der Waals surface area contributed by atoms with Crippen LogP contribution in [-0.2, 0) is 19.5 Å². The highest BCUT2D eigenvalue weighted by atomic mass is 79.9. The number of benzene rings is 1. The molecule has 0 aromatic heterocycles. The molecule has 114 valence electrons. The van der Waals surface area contributed by atoms with E-state index in [1.807, 2.05) is 24.3 Å². The van der Waals surface area contributed by atoms with Crippen LogP contribution >= 0.6 is 15.9 Å². The van der Waals surface area contributed by atoms with Crippen LogP contribution in [0.1, 0.15) is 12.0 Å². The number of sulfone groups is 1. The largest absolute Gasteiger partial charge is 0.386 e. The number of hydrogen-bond acceptors (Lipinski definition) is 5. The second kappa shape index (κ2) is 7.04. The SMILES string of the molecule is O=C(CO/N=C\c1ccc(Br)cc1)N[C@@H]1CCS(=O)(=O)C1. The summed E-state index contributed by atoms with van der Waals surface area (Å²) < 4.78 is 23.5. The monoisotopic (exact) mass is 374 g/mol. The molecule has 0 aliphatic carbocycles. The van der Waals surface area contributed by atoms with Crippen LogP contribution in [0.4, 0.5) is 0 Å². The van der Waals surface area contributed by atoms with Crippen molar-refractivity contribution in [1.29, 1.82) is 0 Å². The minimum atomic E-state index is -2.99. The first-order chi connectivity index (χ1) is 9.94. The van der Waals surface area contributed by atoms with E-state index < -0.39 is 9.84 Å². The number of nitrogens with zero attached hydrogens (tertiary/aromatic N) is 1. The van der Waals surface area contributed by atoms with Crippen molar-refractivity contribution in [1.82, 2.24) is 5.32 Å². The molecule has 6 nitrogen and oxygen atoms in total. The minimum absolute atomic E-state index is 0.000894. The van der Waals surface area contributed by atoms with Gasteiger partial charge in [0.25, 0.3) is 5.91 Å². The summed E-state index contributed by atoms with van der Waals surface area (Å²) in [6, 6.07) is 7.12. The molecule has 21 heavy (non-hydrogen) atoms. The highest BCUT2D eigenvalue weighted by molar-refractivity contribution is 9.10. The summed E-state index contributed by atoms with van der Waals surface area (Å²) in [6.07, 6.45) is 1.95. The first-order valence-electron chi connectivity index (χ1n) is 6.35. The average Bonchev–Trinajstić information content (AvgIpc) is 2.76. The number of amides is 1. The van der Waals surface area contributed by atoms with Crippen molar-refractivity contribution in [3.05, 3.63) is 34.3 Å². The van der Waals surface area contributed by atoms with E-state index in [-0.39, 0.29) is 30.1 Å². The van der Waals surface area contributed by atoms with Crippen LogP contribution in [0.15, 0.2) is 33.9 Å². The number of rotatable bonds is 5. The lowest BCUT2D eigenvalue weighted by Crippen LogP contribution is -2.37. The molecule has 0 unspecified atom stereocenters. The predicted molar refractivity (Wildman–Crippen MR) is 82.9 cm³/mol. The Balaban J connectivity index is 1.71. The lowest BCUT2D eigenvalue weighted by molar-refractivity contribution is -0.126. The van der Waals surface area contributed by atoms with Crippen molar-refractivity contribution in [2.24, 2.45) is 5.16 Å². The van der Waals surface area contributed by atoms with Gasteiger partial charge in [-0.15, -0.1) is 0 Å². The van der Waals surface area contributed by atoms with Crippen LogP contribution in [-0.4, -0.2) is 44.7 Å². The van der Waals surface area contributed by atoms with Crippen molar-refractivity contribution >= 4 is 37.9 Å². The van der Waals surface area contributed by atoms with Gasteiger partial charge in [0.2, 0.25) is 0 Å². The molecule has 0 radical (unpaired) electrons. The van der Waals surface area contributed by atoms with Crippen molar-refractivity contribution in [2.45, 2.75) is 12.5 Å². The third kappa shape index (κ3) is 5.47. The molecule has 1 heterocycles. The number of carbonyl (C=O) groups is 1. The van der Waals surface area contributed by atoms with Crippen LogP contribution in [0.2, 0.25) is 0 Å². The zero-order chi connectivity index (χ0) is 15.3. The predicted octanol–water partition coefficient (Wildman–Crippen LogP) is 1.10. The maximum atomic E-state index is 11.6.